The Bertz CT molecular complexity index is 1600. The van der Waals surface area contributed by atoms with E-state index in [4.69, 9.17) is 9.72 Å². The Hall–Kier alpha value is -3.46. The Labute approximate surface area is 225 Å². The van der Waals surface area contributed by atoms with Gasteiger partial charge in [-0.05, 0) is 63.3 Å². The van der Waals surface area contributed by atoms with Gasteiger partial charge in [0.25, 0.3) is 5.56 Å². The van der Waals surface area contributed by atoms with Crippen LogP contribution in [0.5, 0.6) is 0 Å². The lowest BCUT2D eigenvalue weighted by Crippen LogP contribution is -2.39. The van der Waals surface area contributed by atoms with Crippen LogP contribution in [0.15, 0.2) is 41.7 Å². The first-order valence-electron chi connectivity index (χ1n) is 13.4. The molecule has 0 bridgehead atoms. The number of aromatic amines is 1. The summed E-state index contributed by atoms with van der Waals surface area (Å²) in [4.78, 5) is 41.2. The maximum absolute atomic E-state index is 13.0. The molecule has 1 aromatic carbocycles. The van der Waals surface area contributed by atoms with Gasteiger partial charge in [0.15, 0.2) is 0 Å². The molecule has 4 aromatic rings. The first-order chi connectivity index (χ1) is 18.3. The van der Waals surface area contributed by atoms with E-state index < -0.39 is 5.60 Å². The largest absolute Gasteiger partial charge is 0.444 e. The van der Waals surface area contributed by atoms with Gasteiger partial charge in [-0.15, -0.1) is 11.3 Å². The van der Waals surface area contributed by atoms with Crippen LogP contribution in [0.3, 0.4) is 0 Å². The van der Waals surface area contributed by atoms with Gasteiger partial charge in [-0.3, -0.25) is 4.79 Å². The SMILES string of the molecule is CC(C)(C)OC(=O)N1CC=C(c2sc(-c3ccc4c(c3)ncn4C3CCCCC3)c3nc[nH]c(=O)c23)CC1. The van der Waals surface area contributed by atoms with Crippen molar-refractivity contribution in [3.8, 4) is 10.4 Å². The average Bonchev–Trinajstić information content (AvgIpc) is 3.51. The molecule has 4 heterocycles. The van der Waals surface area contributed by atoms with Gasteiger partial charge in [-0.1, -0.05) is 31.4 Å². The Kier molecular flexibility index (Phi) is 6.34. The van der Waals surface area contributed by atoms with Crippen molar-refractivity contribution < 1.29 is 9.53 Å². The highest BCUT2D eigenvalue weighted by atomic mass is 32.1. The summed E-state index contributed by atoms with van der Waals surface area (Å²) in [6, 6.07) is 6.92. The third-order valence-corrected chi connectivity index (χ3v) is 8.76. The number of aromatic nitrogens is 4. The molecule has 1 fully saturated rings. The van der Waals surface area contributed by atoms with Gasteiger partial charge in [0.2, 0.25) is 0 Å². The second-order valence-electron chi connectivity index (χ2n) is 11.3. The zero-order valence-corrected chi connectivity index (χ0v) is 22.9. The topological polar surface area (TPSA) is 93.1 Å². The van der Waals surface area contributed by atoms with Crippen LogP contribution in [0.1, 0.15) is 70.2 Å². The molecule has 0 spiro atoms. The number of carbonyl (C=O) groups excluding carboxylic acids is 1. The predicted octanol–water partition coefficient (Wildman–Crippen LogP) is 6.53. The third kappa shape index (κ3) is 4.64. The molecule has 0 saturated heterocycles. The molecule has 1 N–H and O–H groups in total. The van der Waals surface area contributed by atoms with Crippen molar-refractivity contribution in [1.29, 1.82) is 0 Å². The minimum Gasteiger partial charge on any atom is -0.444 e. The van der Waals surface area contributed by atoms with Gasteiger partial charge in [-0.2, -0.15) is 0 Å². The summed E-state index contributed by atoms with van der Waals surface area (Å²) in [5.74, 6) is 0. The summed E-state index contributed by atoms with van der Waals surface area (Å²) >= 11 is 1.59. The molecular weight excluding hydrogens is 498 g/mol. The van der Waals surface area contributed by atoms with Crippen molar-refractivity contribution in [3.05, 3.63) is 52.2 Å². The molecule has 1 aliphatic carbocycles. The Morgan fingerprint density at radius 3 is 2.68 bits per heavy atom. The summed E-state index contributed by atoms with van der Waals surface area (Å²) in [6.45, 7) is 6.59. The van der Waals surface area contributed by atoms with Crippen LogP contribution in [0.2, 0.25) is 0 Å². The van der Waals surface area contributed by atoms with E-state index in [0.29, 0.717) is 36.5 Å². The molecule has 1 amide bonds. The molecule has 9 heteroatoms. The highest BCUT2D eigenvalue weighted by Crippen LogP contribution is 2.42. The lowest BCUT2D eigenvalue weighted by Gasteiger charge is -2.29. The molecule has 0 radical (unpaired) electrons. The van der Waals surface area contributed by atoms with Crippen molar-refractivity contribution in [3.63, 3.8) is 0 Å². The number of H-pyrrole nitrogens is 1. The van der Waals surface area contributed by atoms with E-state index in [9.17, 15) is 9.59 Å². The van der Waals surface area contributed by atoms with E-state index in [2.05, 4.69) is 32.7 Å². The smallest absolute Gasteiger partial charge is 0.410 e. The number of ether oxygens (including phenoxy) is 1. The van der Waals surface area contributed by atoms with E-state index in [1.54, 1.807) is 16.2 Å². The van der Waals surface area contributed by atoms with Crippen molar-refractivity contribution in [1.82, 2.24) is 24.4 Å². The molecule has 2 aliphatic rings. The number of fused-ring (bicyclic) bond motifs is 2. The number of rotatable bonds is 3. The van der Waals surface area contributed by atoms with Crippen molar-refractivity contribution in [2.24, 2.45) is 0 Å². The van der Waals surface area contributed by atoms with Crippen LogP contribution >= 0.6 is 11.3 Å². The summed E-state index contributed by atoms with van der Waals surface area (Å²) in [6.07, 6.45) is 12.1. The van der Waals surface area contributed by atoms with Crippen LogP contribution in [-0.4, -0.2) is 49.2 Å². The Morgan fingerprint density at radius 1 is 1.13 bits per heavy atom. The van der Waals surface area contributed by atoms with E-state index >= 15 is 0 Å². The molecule has 38 heavy (non-hydrogen) atoms. The summed E-state index contributed by atoms with van der Waals surface area (Å²) in [7, 11) is 0. The van der Waals surface area contributed by atoms with E-state index in [-0.39, 0.29) is 11.7 Å². The average molecular weight is 532 g/mol. The molecular formula is C29H33N5O3S. The first kappa shape index (κ1) is 24.9. The fraction of sp³-hybridized carbons (Fsp3) is 0.448. The van der Waals surface area contributed by atoms with Gasteiger partial charge in [-0.25, -0.2) is 14.8 Å². The molecule has 6 rings (SSSR count). The van der Waals surface area contributed by atoms with Gasteiger partial charge in [0.05, 0.1) is 39.5 Å². The number of thiophene rings is 1. The van der Waals surface area contributed by atoms with E-state index in [0.717, 1.165) is 31.9 Å². The van der Waals surface area contributed by atoms with Crippen molar-refractivity contribution in [2.75, 3.05) is 13.1 Å². The van der Waals surface area contributed by atoms with Crippen LogP contribution in [0.4, 0.5) is 4.79 Å². The first-order valence-corrected chi connectivity index (χ1v) is 14.2. The lowest BCUT2D eigenvalue weighted by atomic mass is 9.95. The fourth-order valence-electron chi connectivity index (χ4n) is 5.60. The number of imidazole rings is 1. The normalized spacial score (nSPS) is 17.2. The molecule has 8 nitrogen and oxygen atoms in total. The maximum Gasteiger partial charge on any atom is 0.410 e. The second kappa shape index (κ2) is 9.69. The van der Waals surface area contributed by atoms with Crippen molar-refractivity contribution >= 4 is 44.9 Å². The van der Waals surface area contributed by atoms with E-state index in [1.165, 1.54) is 38.4 Å². The molecule has 1 aliphatic heterocycles. The quantitative estimate of drug-likeness (QED) is 0.324. The molecule has 3 aromatic heterocycles. The van der Waals surface area contributed by atoms with Crippen LogP contribution < -0.4 is 5.56 Å². The zero-order chi connectivity index (χ0) is 26.4. The highest BCUT2D eigenvalue weighted by Gasteiger charge is 2.27. The van der Waals surface area contributed by atoms with Gasteiger partial charge in [0.1, 0.15) is 5.60 Å². The second-order valence-corrected chi connectivity index (χ2v) is 12.3. The van der Waals surface area contributed by atoms with Crippen LogP contribution in [-0.2, 0) is 4.74 Å². The Balaban J connectivity index is 1.35. The van der Waals surface area contributed by atoms with Gasteiger partial charge < -0.3 is 19.2 Å². The molecule has 0 atom stereocenters. The maximum atomic E-state index is 13.0. The number of benzene rings is 1. The minimum atomic E-state index is -0.535. The minimum absolute atomic E-state index is 0.148. The van der Waals surface area contributed by atoms with Gasteiger partial charge >= 0.3 is 6.09 Å². The number of nitrogens with one attached hydrogen (secondary N) is 1. The molecule has 1 saturated carbocycles. The fourth-order valence-corrected chi connectivity index (χ4v) is 6.90. The van der Waals surface area contributed by atoms with Crippen LogP contribution in [0, 0.1) is 0 Å². The predicted molar refractivity (Wildman–Crippen MR) is 151 cm³/mol. The standard InChI is InChI=1S/C29H33N5O3S/c1-29(2,3)37-28(36)33-13-11-18(12-14-33)25-23-24(30-16-31-27(23)35)26(38-25)19-9-10-22-21(15-19)32-17-34(22)20-7-5-4-6-8-20/h9-11,15-17,20H,4-8,12-14H2,1-3H3,(H,30,31,35). The number of amides is 1. The summed E-state index contributed by atoms with van der Waals surface area (Å²) < 4.78 is 7.87. The number of hydrogen-bond donors (Lipinski definition) is 1. The third-order valence-electron chi connectivity index (χ3n) is 7.46. The number of nitrogens with zero attached hydrogens (tertiary/aromatic N) is 4. The Morgan fingerprint density at radius 2 is 1.95 bits per heavy atom. The van der Waals surface area contributed by atoms with E-state index in [1.807, 2.05) is 33.2 Å². The zero-order valence-electron chi connectivity index (χ0n) is 22.1. The summed E-state index contributed by atoms with van der Waals surface area (Å²) in [5.41, 5.74) is 4.22. The van der Waals surface area contributed by atoms with Crippen molar-refractivity contribution in [2.45, 2.75) is 70.9 Å². The van der Waals surface area contributed by atoms with Crippen LogP contribution in [0.25, 0.3) is 38.0 Å². The summed E-state index contributed by atoms with van der Waals surface area (Å²) in [5, 5.41) is 0.609. The van der Waals surface area contributed by atoms with Gasteiger partial charge in [0, 0.05) is 24.0 Å². The molecule has 0 unspecified atom stereocenters. The number of carbonyl (C=O) groups is 1. The highest BCUT2D eigenvalue weighted by molar-refractivity contribution is 7.18. The number of hydrogen-bond acceptors (Lipinski definition) is 6. The molecule has 198 valence electrons. The lowest BCUT2D eigenvalue weighted by molar-refractivity contribution is 0.0270. The monoisotopic (exact) mass is 531 g/mol.